The van der Waals surface area contributed by atoms with E-state index in [-0.39, 0.29) is 17.8 Å². The molecule has 5 nitrogen and oxygen atoms in total. The van der Waals surface area contributed by atoms with E-state index in [0.717, 1.165) is 31.7 Å². The zero-order valence-corrected chi connectivity index (χ0v) is 9.93. The second-order valence-electron chi connectivity index (χ2n) is 4.72. The fourth-order valence-electron chi connectivity index (χ4n) is 2.36. The number of nitro groups is 1. The van der Waals surface area contributed by atoms with Gasteiger partial charge in [0.25, 0.3) is 5.69 Å². The molecule has 2 unspecified atom stereocenters. The molecule has 2 atom stereocenters. The first-order valence-corrected chi connectivity index (χ1v) is 6.01. The average molecular weight is 253 g/mol. The predicted octanol–water partition coefficient (Wildman–Crippen LogP) is 2.42. The third kappa shape index (κ3) is 3.16. The van der Waals surface area contributed by atoms with Gasteiger partial charge in [-0.1, -0.05) is 0 Å². The van der Waals surface area contributed by atoms with Crippen LogP contribution in [0.1, 0.15) is 25.7 Å². The zero-order valence-electron chi connectivity index (χ0n) is 9.93. The van der Waals surface area contributed by atoms with Crippen LogP contribution in [0.15, 0.2) is 18.2 Å². The molecule has 6 heteroatoms. The van der Waals surface area contributed by atoms with Gasteiger partial charge in [-0.25, -0.2) is 4.39 Å². The molecular formula is C12H16FN3O2. The molecule has 0 spiro atoms. The molecule has 0 aliphatic heterocycles. The average Bonchev–Trinajstić information content (AvgIpc) is 2.28. The van der Waals surface area contributed by atoms with Crippen LogP contribution in [0, 0.1) is 15.9 Å². The van der Waals surface area contributed by atoms with Crippen LogP contribution in [0.4, 0.5) is 15.8 Å². The number of rotatable bonds is 3. The van der Waals surface area contributed by atoms with Crippen molar-refractivity contribution >= 4 is 11.4 Å². The van der Waals surface area contributed by atoms with E-state index in [1.807, 2.05) is 0 Å². The van der Waals surface area contributed by atoms with Gasteiger partial charge < -0.3 is 11.1 Å². The Balaban J connectivity index is 2.10. The molecule has 2 rings (SSSR count). The Morgan fingerprint density at radius 2 is 2.17 bits per heavy atom. The van der Waals surface area contributed by atoms with Crippen molar-refractivity contribution in [3.8, 4) is 0 Å². The Kier molecular flexibility index (Phi) is 3.76. The van der Waals surface area contributed by atoms with E-state index >= 15 is 0 Å². The first-order valence-electron chi connectivity index (χ1n) is 6.01. The largest absolute Gasteiger partial charge is 0.382 e. The molecule has 1 aliphatic rings. The molecule has 0 aromatic heterocycles. The van der Waals surface area contributed by atoms with Gasteiger partial charge in [0.05, 0.1) is 11.0 Å². The zero-order chi connectivity index (χ0) is 13.1. The van der Waals surface area contributed by atoms with Gasteiger partial charge in [-0.2, -0.15) is 0 Å². The lowest BCUT2D eigenvalue weighted by Gasteiger charge is -2.28. The van der Waals surface area contributed by atoms with Crippen LogP contribution in [-0.4, -0.2) is 17.0 Å². The van der Waals surface area contributed by atoms with Crippen molar-refractivity contribution in [1.82, 2.24) is 0 Å². The van der Waals surface area contributed by atoms with Gasteiger partial charge in [0.1, 0.15) is 5.82 Å². The molecular weight excluding hydrogens is 237 g/mol. The maximum atomic E-state index is 13.2. The number of non-ortho nitro benzene ring substituents is 1. The molecule has 1 fully saturated rings. The summed E-state index contributed by atoms with van der Waals surface area (Å²) in [4.78, 5) is 10.0. The molecule has 1 aromatic rings. The van der Waals surface area contributed by atoms with E-state index in [4.69, 9.17) is 5.73 Å². The van der Waals surface area contributed by atoms with Crippen molar-refractivity contribution in [2.75, 3.05) is 5.32 Å². The lowest BCUT2D eigenvalue weighted by Crippen LogP contribution is -2.34. The van der Waals surface area contributed by atoms with Gasteiger partial charge >= 0.3 is 0 Å². The van der Waals surface area contributed by atoms with E-state index in [1.54, 1.807) is 0 Å². The van der Waals surface area contributed by atoms with Crippen LogP contribution in [0.25, 0.3) is 0 Å². The Labute approximate surface area is 104 Å². The van der Waals surface area contributed by atoms with Gasteiger partial charge in [0.2, 0.25) is 0 Å². The highest BCUT2D eigenvalue weighted by atomic mass is 19.1. The van der Waals surface area contributed by atoms with Crippen molar-refractivity contribution in [3.63, 3.8) is 0 Å². The van der Waals surface area contributed by atoms with Gasteiger partial charge in [-0.3, -0.25) is 10.1 Å². The molecule has 1 aliphatic carbocycles. The van der Waals surface area contributed by atoms with Gasteiger partial charge in [0.15, 0.2) is 0 Å². The molecule has 98 valence electrons. The molecule has 1 saturated carbocycles. The number of nitro benzene ring substituents is 1. The van der Waals surface area contributed by atoms with Gasteiger partial charge in [-0.15, -0.1) is 0 Å². The number of halogens is 1. The smallest absolute Gasteiger partial charge is 0.274 e. The number of hydrogen-bond donors (Lipinski definition) is 2. The van der Waals surface area contributed by atoms with Gasteiger partial charge in [0, 0.05) is 23.8 Å². The highest BCUT2D eigenvalue weighted by molar-refractivity contribution is 5.52. The van der Waals surface area contributed by atoms with Crippen LogP contribution in [-0.2, 0) is 0 Å². The Bertz CT molecular complexity index is 453. The van der Waals surface area contributed by atoms with Crippen molar-refractivity contribution in [1.29, 1.82) is 0 Å². The van der Waals surface area contributed by atoms with Crippen LogP contribution in [0.2, 0.25) is 0 Å². The third-order valence-electron chi connectivity index (χ3n) is 3.18. The van der Waals surface area contributed by atoms with E-state index in [1.165, 1.54) is 12.1 Å². The first kappa shape index (κ1) is 12.8. The minimum atomic E-state index is -0.605. The number of anilines is 1. The summed E-state index contributed by atoms with van der Waals surface area (Å²) < 4.78 is 13.2. The highest BCUT2D eigenvalue weighted by Crippen LogP contribution is 2.24. The molecule has 0 bridgehead atoms. The molecule has 0 heterocycles. The monoisotopic (exact) mass is 253 g/mol. The van der Waals surface area contributed by atoms with E-state index in [0.29, 0.717) is 5.69 Å². The molecule has 18 heavy (non-hydrogen) atoms. The lowest BCUT2D eigenvalue weighted by atomic mass is 9.91. The Morgan fingerprint density at radius 3 is 2.83 bits per heavy atom. The summed E-state index contributed by atoms with van der Waals surface area (Å²) in [5.74, 6) is -0.605. The molecule has 1 aromatic carbocycles. The highest BCUT2D eigenvalue weighted by Gasteiger charge is 2.20. The molecule has 0 saturated heterocycles. The number of nitrogens with two attached hydrogens (primary N) is 1. The Hall–Kier alpha value is -1.69. The minimum absolute atomic E-state index is 0.153. The van der Waals surface area contributed by atoms with Crippen molar-refractivity contribution in [2.45, 2.75) is 37.8 Å². The second-order valence-corrected chi connectivity index (χ2v) is 4.72. The summed E-state index contributed by atoms with van der Waals surface area (Å²) in [6, 6.07) is 3.85. The van der Waals surface area contributed by atoms with Crippen LogP contribution in [0.5, 0.6) is 0 Å². The molecule has 3 N–H and O–H groups in total. The summed E-state index contributed by atoms with van der Waals surface area (Å²) in [6.45, 7) is 0. The Morgan fingerprint density at radius 1 is 1.39 bits per heavy atom. The summed E-state index contributed by atoms with van der Waals surface area (Å²) in [5.41, 5.74) is 6.07. The van der Waals surface area contributed by atoms with Crippen molar-refractivity contribution in [3.05, 3.63) is 34.1 Å². The summed E-state index contributed by atoms with van der Waals surface area (Å²) in [6.07, 6.45) is 3.79. The number of benzene rings is 1. The normalized spacial score (nSPS) is 23.7. The van der Waals surface area contributed by atoms with E-state index < -0.39 is 10.7 Å². The van der Waals surface area contributed by atoms with Crippen molar-refractivity contribution < 1.29 is 9.31 Å². The minimum Gasteiger partial charge on any atom is -0.382 e. The quantitative estimate of drug-likeness (QED) is 0.640. The summed E-state index contributed by atoms with van der Waals surface area (Å²) in [5, 5.41) is 13.8. The predicted molar refractivity (Wildman–Crippen MR) is 66.9 cm³/mol. The van der Waals surface area contributed by atoms with E-state index in [9.17, 15) is 14.5 Å². The van der Waals surface area contributed by atoms with Crippen LogP contribution < -0.4 is 11.1 Å². The number of nitrogens with one attached hydrogen (secondary N) is 1. The summed E-state index contributed by atoms with van der Waals surface area (Å²) >= 11 is 0. The maximum absolute atomic E-state index is 13.2. The fourth-order valence-corrected chi connectivity index (χ4v) is 2.36. The number of hydrogen-bond acceptors (Lipinski definition) is 4. The summed E-state index contributed by atoms with van der Waals surface area (Å²) in [7, 11) is 0. The maximum Gasteiger partial charge on any atom is 0.274 e. The molecule has 0 radical (unpaired) electrons. The van der Waals surface area contributed by atoms with E-state index in [2.05, 4.69) is 5.32 Å². The second kappa shape index (κ2) is 5.30. The van der Waals surface area contributed by atoms with Crippen LogP contribution >= 0.6 is 0 Å². The third-order valence-corrected chi connectivity index (χ3v) is 3.18. The van der Waals surface area contributed by atoms with Crippen LogP contribution in [0.3, 0.4) is 0 Å². The lowest BCUT2D eigenvalue weighted by molar-refractivity contribution is -0.385. The van der Waals surface area contributed by atoms with Gasteiger partial charge in [-0.05, 0) is 31.7 Å². The number of nitrogens with zero attached hydrogens (tertiary/aromatic N) is 1. The SMILES string of the molecule is NC1CCCC(Nc2cc(F)cc([N+](=O)[O-])c2)C1. The molecule has 0 amide bonds. The standard InChI is InChI=1S/C12H16FN3O2/c13-8-4-11(7-12(5-8)16(17)18)15-10-3-1-2-9(14)6-10/h4-5,7,9-10,15H,1-3,6,14H2. The first-order chi connectivity index (χ1) is 8.54. The topological polar surface area (TPSA) is 81.2 Å². The van der Waals surface area contributed by atoms with Crippen molar-refractivity contribution in [2.24, 2.45) is 5.73 Å². The fraction of sp³-hybridized carbons (Fsp3) is 0.500.